The van der Waals surface area contributed by atoms with Gasteiger partial charge in [-0.25, -0.2) is 0 Å². The van der Waals surface area contributed by atoms with Crippen molar-refractivity contribution in [3.8, 4) is 0 Å². The molecule has 3 heteroatoms. The molecule has 1 rings (SSSR count). The standard InChI is InChI=1S/C8H18N2O/c9-8(3-6-11)7-1-4-10-5-2-7/h7-8,10-11H,1-6,9H2. The maximum absolute atomic E-state index is 8.67. The summed E-state index contributed by atoms with van der Waals surface area (Å²) in [5.41, 5.74) is 5.87. The predicted molar refractivity (Wildman–Crippen MR) is 45.3 cm³/mol. The third-order valence-electron chi connectivity index (χ3n) is 2.45. The van der Waals surface area contributed by atoms with Gasteiger partial charge in [-0.2, -0.15) is 0 Å². The van der Waals surface area contributed by atoms with Gasteiger partial charge in [-0.15, -0.1) is 0 Å². The number of aliphatic hydroxyl groups is 1. The highest BCUT2D eigenvalue weighted by Crippen LogP contribution is 2.16. The van der Waals surface area contributed by atoms with Gasteiger partial charge in [0.1, 0.15) is 0 Å². The van der Waals surface area contributed by atoms with Crippen molar-refractivity contribution >= 4 is 0 Å². The van der Waals surface area contributed by atoms with Crippen molar-refractivity contribution in [2.45, 2.75) is 25.3 Å². The molecule has 0 bridgehead atoms. The van der Waals surface area contributed by atoms with E-state index in [9.17, 15) is 0 Å². The SMILES string of the molecule is NC(CCO)C1CCNCC1. The zero-order valence-electron chi connectivity index (χ0n) is 6.92. The van der Waals surface area contributed by atoms with E-state index in [1.807, 2.05) is 0 Å². The molecule has 1 unspecified atom stereocenters. The highest BCUT2D eigenvalue weighted by atomic mass is 16.3. The van der Waals surface area contributed by atoms with Gasteiger partial charge in [0.15, 0.2) is 0 Å². The summed E-state index contributed by atoms with van der Waals surface area (Å²) in [5.74, 6) is 0.628. The third kappa shape index (κ3) is 2.77. The van der Waals surface area contributed by atoms with E-state index in [0.29, 0.717) is 5.92 Å². The lowest BCUT2D eigenvalue weighted by molar-refractivity contribution is 0.235. The summed E-state index contributed by atoms with van der Waals surface area (Å²) in [7, 11) is 0. The van der Waals surface area contributed by atoms with Crippen LogP contribution in [0.2, 0.25) is 0 Å². The molecule has 1 heterocycles. The van der Waals surface area contributed by atoms with E-state index in [4.69, 9.17) is 10.8 Å². The third-order valence-corrected chi connectivity index (χ3v) is 2.45. The molecule has 0 spiro atoms. The van der Waals surface area contributed by atoms with Crippen LogP contribution in [0.5, 0.6) is 0 Å². The van der Waals surface area contributed by atoms with Gasteiger partial charge in [0.25, 0.3) is 0 Å². The summed E-state index contributed by atoms with van der Waals surface area (Å²) in [6.07, 6.45) is 3.09. The Morgan fingerprint density at radius 3 is 2.64 bits per heavy atom. The quantitative estimate of drug-likeness (QED) is 0.528. The van der Waals surface area contributed by atoms with Gasteiger partial charge in [-0.3, -0.25) is 0 Å². The molecule has 1 fully saturated rings. The van der Waals surface area contributed by atoms with E-state index < -0.39 is 0 Å². The van der Waals surface area contributed by atoms with E-state index >= 15 is 0 Å². The first-order valence-electron chi connectivity index (χ1n) is 4.41. The van der Waals surface area contributed by atoms with Crippen LogP contribution in [0.3, 0.4) is 0 Å². The zero-order chi connectivity index (χ0) is 8.10. The number of hydrogen-bond acceptors (Lipinski definition) is 3. The molecule has 1 aliphatic heterocycles. The van der Waals surface area contributed by atoms with Crippen molar-refractivity contribution in [3.63, 3.8) is 0 Å². The van der Waals surface area contributed by atoms with Crippen LogP contribution in [-0.2, 0) is 0 Å². The molecule has 0 aromatic carbocycles. The summed E-state index contributed by atoms with van der Waals surface area (Å²) < 4.78 is 0. The average molecular weight is 158 g/mol. The van der Waals surface area contributed by atoms with Crippen molar-refractivity contribution < 1.29 is 5.11 Å². The molecule has 0 aliphatic carbocycles. The summed E-state index contributed by atoms with van der Waals surface area (Å²) in [5, 5.41) is 12.0. The van der Waals surface area contributed by atoms with Crippen molar-refractivity contribution in [2.75, 3.05) is 19.7 Å². The lowest BCUT2D eigenvalue weighted by Crippen LogP contribution is -2.38. The first kappa shape index (κ1) is 8.97. The highest BCUT2D eigenvalue weighted by Gasteiger charge is 2.19. The molecule has 0 amide bonds. The van der Waals surface area contributed by atoms with Gasteiger partial charge in [0, 0.05) is 12.6 Å². The summed E-state index contributed by atoms with van der Waals surface area (Å²) in [4.78, 5) is 0. The molecule has 0 aromatic heterocycles. The van der Waals surface area contributed by atoms with Gasteiger partial charge in [-0.05, 0) is 38.3 Å². The second kappa shape index (κ2) is 4.70. The number of nitrogens with one attached hydrogen (secondary N) is 1. The average Bonchev–Trinajstić information content (AvgIpc) is 2.07. The molecule has 1 aliphatic rings. The lowest BCUT2D eigenvalue weighted by atomic mass is 9.89. The summed E-state index contributed by atoms with van der Waals surface area (Å²) in [6.45, 7) is 2.40. The molecular formula is C8H18N2O. The van der Waals surface area contributed by atoms with Crippen LogP contribution in [-0.4, -0.2) is 30.8 Å². The minimum absolute atomic E-state index is 0.210. The topological polar surface area (TPSA) is 58.3 Å². The Labute approximate surface area is 68.0 Å². The summed E-state index contributed by atoms with van der Waals surface area (Å²) >= 11 is 0. The Hall–Kier alpha value is -0.120. The Morgan fingerprint density at radius 1 is 1.45 bits per heavy atom. The lowest BCUT2D eigenvalue weighted by Gasteiger charge is -2.27. The first-order chi connectivity index (χ1) is 5.34. The minimum atomic E-state index is 0.210. The number of aliphatic hydroxyl groups excluding tert-OH is 1. The molecule has 3 nitrogen and oxygen atoms in total. The Balaban J connectivity index is 2.21. The van der Waals surface area contributed by atoms with Gasteiger partial charge in [0.05, 0.1) is 0 Å². The van der Waals surface area contributed by atoms with Crippen LogP contribution < -0.4 is 11.1 Å². The van der Waals surface area contributed by atoms with Crippen LogP contribution >= 0.6 is 0 Å². The first-order valence-corrected chi connectivity index (χ1v) is 4.41. The van der Waals surface area contributed by atoms with Crippen molar-refractivity contribution in [3.05, 3.63) is 0 Å². The molecule has 4 N–H and O–H groups in total. The second-order valence-electron chi connectivity index (χ2n) is 3.26. The van der Waals surface area contributed by atoms with Crippen molar-refractivity contribution in [2.24, 2.45) is 11.7 Å². The van der Waals surface area contributed by atoms with Gasteiger partial charge in [-0.1, -0.05) is 0 Å². The maximum atomic E-state index is 8.67. The van der Waals surface area contributed by atoms with E-state index in [1.54, 1.807) is 0 Å². The number of nitrogens with two attached hydrogens (primary N) is 1. The largest absolute Gasteiger partial charge is 0.396 e. The van der Waals surface area contributed by atoms with Gasteiger partial charge >= 0.3 is 0 Å². The van der Waals surface area contributed by atoms with Gasteiger partial charge < -0.3 is 16.2 Å². The zero-order valence-corrected chi connectivity index (χ0v) is 6.92. The van der Waals surface area contributed by atoms with Crippen LogP contribution in [0, 0.1) is 5.92 Å². The second-order valence-corrected chi connectivity index (χ2v) is 3.26. The maximum Gasteiger partial charge on any atom is 0.0445 e. The molecule has 0 aromatic rings. The van der Waals surface area contributed by atoms with Gasteiger partial charge in [0.2, 0.25) is 0 Å². The van der Waals surface area contributed by atoms with Crippen molar-refractivity contribution in [1.29, 1.82) is 0 Å². The molecule has 1 saturated heterocycles. The van der Waals surface area contributed by atoms with E-state index in [-0.39, 0.29) is 12.6 Å². The van der Waals surface area contributed by atoms with Crippen molar-refractivity contribution in [1.82, 2.24) is 5.32 Å². The predicted octanol–water partition coefficient (Wildman–Crippen LogP) is -0.304. The smallest absolute Gasteiger partial charge is 0.0445 e. The molecular weight excluding hydrogens is 140 g/mol. The highest BCUT2D eigenvalue weighted by molar-refractivity contribution is 4.77. The Morgan fingerprint density at radius 2 is 2.09 bits per heavy atom. The number of piperidine rings is 1. The molecule has 1 atom stereocenters. The van der Waals surface area contributed by atoms with Crippen LogP contribution in [0.25, 0.3) is 0 Å². The Bertz CT molecular complexity index is 102. The van der Waals surface area contributed by atoms with E-state index in [1.165, 1.54) is 12.8 Å². The van der Waals surface area contributed by atoms with Crippen LogP contribution in [0.4, 0.5) is 0 Å². The molecule has 66 valence electrons. The fourth-order valence-corrected chi connectivity index (χ4v) is 1.66. The summed E-state index contributed by atoms with van der Waals surface area (Å²) in [6, 6.07) is 0.210. The molecule has 0 saturated carbocycles. The number of hydrogen-bond donors (Lipinski definition) is 3. The number of rotatable bonds is 3. The fourth-order valence-electron chi connectivity index (χ4n) is 1.66. The van der Waals surface area contributed by atoms with E-state index in [2.05, 4.69) is 5.32 Å². The minimum Gasteiger partial charge on any atom is -0.396 e. The monoisotopic (exact) mass is 158 g/mol. The Kier molecular flexibility index (Phi) is 3.83. The van der Waals surface area contributed by atoms with Crippen LogP contribution in [0.1, 0.15) is 19.3 Å². The fraction of sp³-hybridized carbons (Fsp3) is 1.00. The van der Waals surface area contributed by atoms with Crippen LogP contribution in [0.15, 0.2) is 0 Å². The van der Waals surface area contributed by atoms with E-state index in [0.717, 1.165) is 19.5 Å². The molecule has 11 heavy (non-hydrogen) atoms. The molecule has 0 radical (unpaired) electrons. The normalized spacial score (nSPS) is 23.5.